The van der Waals surface area contributed by atoms with Gasteiger partial charge in [-0.15, -0.1) is 0 Å². The van der Waals surface area contributed by atoms with Crippen LogP contribution in [0.4, 0.5) is 0 Å². The zero-order valence-electron chi connectivity index (χ0n) is 24.4. The Labute approximate surface area is 250 Å². The van der Waals surface area contributed by atoms with E-state index < -0.39 is 11.9 Å². The highest BCUT2D eigenvalue weighted by Gasteiger charge is 2.24. The molecule has 226 valence electrons. The second-order valence-corrected chi connectivity index (χ2v) is 10.4. The first-order valence-corrected chi connectivity index (χ1v) is 14.6. The first-order chi connectivity index (χ1) is 20.7. The van der Waals surface area contributed by atoms with Crippen molar-refractivity contribution in [1.82, 2.24) is 0 Å². The van der Waals surface area contributed by atoms with Gasteiger partial charge in [-0.1, -0.05) is 32.4 Å². The molecular formula is C34H36O9. The molecule has 3 aromatic carbocycles. The monoisotopic (exact) mass is 588 g/mol. The number of Topliss-reactive ketones (excluding diaryl/α,β-unsaturated/α-hetero) is 1. The van der Waals surface area contributed by atoms with Crippen LogP contribution in [0.1, 0.15) is 93.7 Å². The summed E-state index contributed by atoms with van der Waals surface area (Å²) in [5.74, 6) is -0.474. The molecule has 0 bridgehead atoms. The molecule has 43 heavy (non-hydrogen) atoms. The van der Waals surface area contributed by atoms with E-state index in [4.69, 9.17) is 19.3 Å². The van der Waals surface area contributed by atoms with Gasteiger partial charge in [-0.2, -0.15) is 0 Å². The van der Waals surface area contributed by atoms with Gasteiger partial charge in [0.05, 0.1) is 24.3 Å². The van der Waals surface area contributed by atoms with Crippen LogP contribution in [0.5, 0.6) is 17.2 Å². The van der Waals surface area contributed by atoms with E-state index >= 15 is 0 Å². The Morgan fingerprint density at radius 2 is 1.60 bits per heavy atom. The summed E-state index contributed by atoms with van der Waals surface area (Å²) in [5, 5.41) is 18.4. The fourth-order valence-electron chi connectivity index (χ4n) is 5.03. The van der Waals surface area contributed by atoms with Crippen LogP contribution in [0.25, 0.3) is 0 Å². The SMILES string of the molecule is CCCc1c(OCCC(CC)Oc2ccc(C(=O)c3ccc(C(=O)O)cc3)cc2CCC(=O)O)ccc2c1OCCC2=O. The molecule has 0 amide bonds. The lowest BCUT2D eigenvalue weighted by Crippen LogP contribution is -2.21. The van der Waals surface area contributed by atoms with Crippen molar-refractivity contribution in [2.75, 3.05) is 13.2 Å². The molecule has 2 N–H and O–H groups in total. The normalized spacial score (nSPS) is 13.0. The molecule has 1 unspecified atom stereocenters. The standard InChI is InChI=1S/C34H36O9/c1-3-5-27-30(14-12-26-28(35)17-19-42-33(26)27)41-18-16-25(4-2)43-29-13-10-24(20-23(29)11-15-31(36)37)32(38)21-6-8-22(9-7-21)34(39)40/h6-10,12-14,20,25H,3-5,11,15-19H2,1-2H3,(H,36,37)(H,39,40). The Morgan fingerprint density at radius 3 is 2.28 bits per heavy atom. The number of hydrogen-bond acceptors (Lipinski definition) is 7. The summed E-state index contributed by atoms with van der Waals surface area (Å²) in [4.78, 5) is 47.9. The maximum Gasteiger partial charge on any atom is 0.335 e. The summed E-state index contributed by atoms with van der Waals surface area (Å²) in [7, 11) is 0. The van der Waals surface area contributed by atoms with Gasteiger partial charge in [0.25, 0.3) is 0 Å². The van der Waals surface area contributed by atoms with Crippen LogP contribution >= 0.6 is 0 Å². The molecule has 0 saturated carbocycles. The Kier molecular flexibility index (Phi) is 10.5. The van der Waals surface area contributed by atoms with Crippen LogP contribution < -0.4 is 14.2 Å². The molecule has 9 heteroatoms. The minimum absolute atomic E-state index is 0.0760. The molecule has 1 aliphatic rings. The topological polar surface area (TPSA) is 136 Å². The van der Waals surface area contributed by atoms with E-state index in [2.05, 4.69) is 6.92 Å². The summed E-state index contributed by atoms with van der Waals surface area (Å²) in [6.07, 6.45) is 2.99. The predicted octanol–water partition coefficient (Wildman–Crippen LogP) is 6.18. The molecule has 0 aliphatic carbocycles. The average molecular weight is 589 g/mol. The molecule has 3 aromatic rings. The number of ether oxygens (including phenoxy) is 3. The van der Waals surface area contributed by atoms with Gasteiger partial charge < -0.3 is 24.4 Å². The van der Waals surface area contributed by atoms with Gasteiger partial charge >= 0.3 is 11.9 Å². The Bertz CT molecular complexity index is 1490. The second-order valence-electron chi connectivity index (χ2n) is 10.4. The third-order valence-corrected chi connectivity index (χ3v) is 7.36. The summed E-state index contributed by atoms with van der Waals surface area (Å²) in [6.45, 7) is 4.77. The number of carbonyl (C=O) groups excluding carboxylic acids is 2. The number of fused-ring (bicyclic) bond motifs is 1. The first kappa shape index (κ1) is 31.3. The highest BCUT2D eigenvalue weighted by atomic mass is 16.5. The number of carboxylic acids is 2. The quantitative estimate of drug-likeness (QED) is 0.200. The van der Waals surface area contributed by atoms with Crippen LogP contribution in [0.3, 0.4) is 0 Å². The van der Waals surface area contributed by atoms with Crippen molar-refractivity contribution in [3.05, 3.63) is 88.0 Å². The largest absolute Gasteiger partial charge is 0.493 e. The molecule has 1 heterocycles. The fraction of sp³-hybridized carbons (Fsp3) is 0.353. The van der Waals surface area contributed by atoms with E-state index in [0.29, 0.717) is 72.0 Å². The molecule has 1 aliphatic heterocycles. The zero-order valence-corrected chi connectivity index (χ0v) is 24.4. The Balaban J connectivity index is 1.48. The number of carboxylic acid groups (broad SMARTS) is 2. The van der Waals surface area contributed by atoms with Gasteiger partial charge in [0.2, 0.25) is 0 Å². The number of aryl methyl sites for hydroxylation is 1. The minimum atomic E-state index is -1.08. The van der Waals surface area contributed by atoms with Crippen LogP contribution in [-0.2, 0) is 17.6 Å². The summed E-state index contributed by atoms with van der Waals surface area (Å²) in [5.41, 5.74) is 2.85. The molecular weight excluding hydrogens is 552 g/mol. The van der Waals surface area contributed by atoms with Crippen LogP contribution in [0.2, 0.25) is 0 Å². The van der Waals surface area contributed by atoms with E-state index in [-0.39, 0.29) is 36.1 Å². The molecule has 4 rings (SSSR count). The third-order valence-electron chi connectivity index (χ3n) is 7.36. The number of aliphatic carboxylic acids is 1. The number of ketones is 2. The van der Waals surface area contributed by atoms with E-state index in [1.54, 1.807) is 24.3 Å². The van der Waals surface area contributed by atoms with Crippen molar-refractivity contribution in [2.24, 2.45) is 0 Å². The van der Waals surface area contributed by atoms with Gasteiger partial charge in [0.15, 0.2) is 11.6 Å². The number of aromatic carboxylic acids is 1. The highest BCUT2D eigenvalue weighted by molar-refractivity contribution is 6.09. The van der Waals surface area contributed by atoms with Gasteiger partial charge in [-0.25, -0.2) is 4.79 Å². The van der Waals surface area contributed by atoms with E-state index in [1.165, 1.54) is 24.3 Å². The maximum absolute atomic E-state index is 13.1. The van der Waals surface area contributed by atoms with E-state index in [9.17, 15) is 24.3 Å². The first-order valence-electron chi connectivity index (χ1n) is 14.6. The average Bonchev–Trinajstić information content (AvgIpc) is 3.00. The van der Waals surface area contributed by atoms with Crippen molar-refractivity contribution in [3.8, 4) is 17.2 Å². The number of hydrogen-bond donors (Lipinski definition) is 2. The summed E-state index contributed by atoms with van der Waals surface area (Å²) < 4.78 is 18.3. The molecule has 0 radical (unpaired) electrons. The lowest BCUT2D eigenvalue weighted by atomic mass is 9.98. The molecule has 0 aromatic heterocycles. The summed E-state index contributed by atoms with van der Waals surface area (Å²) in [6, 6.07) is 14.2. The van der Waals surface area contributed by atoms with Crippen LogP contribution in [0, 0.1) is 0 Å². The fourth-order valence-corrected chi connectivity index (χ4v) is 5.03. The van der Waals surface area contributed by atoms with Gasteiger partial charge in [0.1, 0.15) is 23.4 Å². The number of rotatable bonds is 15. The minimum Gasteiger partial charge on any atom is -0.493 e. The van der Waals surface area contributed by atoms with Gasteiger partial charge in [-0.05, 0) is 67.3 Å². The number of benzene rings is 3. The zero-order chi connectivity index (χ0) is 30.9. The van der Waals surface area contributed by atoms with E-state index in [0.717, 1.165) is 18.4 Å². The lowest BCUT2D eigenvalue weighted by molar-refractivity contribution is -0.136. The van der Waals surface area contributed by atoms with Crippen molar-refractivity contribution >= 4 is 23.5 Å². The lowest BCUT2D eigenvalue weighted by Gasteiger charge is -2.23. The highest BCUT2D eigenvalue weighted by Crippen LogP contribution is 2.36. The van der Waals surface area contributed by atoms with Crippen LogP contribution in [0.15, 0.2) is 54.6 Å². The second kappa shape index (κ2) is 14.5. The summed E-state index contributed by atoms with van der Waals surface area (Å²) >= 11 is 0. The third kappa shape index (κ3) is 7.80. The Hall–Kier alpha value is -4.66. The van der Waals surface area contributed by atoms with Crippen molar-refractivity contribution in [2.45, 2.75) is 64.9 Å². The maximum atomic E-state index is 13.1. The smallest absolute Gasteiger partial charge is 0.335 e. The molecule has 0 saturated heterocycles. The van der Waals surface area contributed by atoms with Crippen molar-refractivity contribution in [1.29, 1.82) is 0 Å². The van der Waals surface area contributed by atoms with Crippen LogP contribution in [-0.4, -0.2) is 53.0 Å². The van der Waals surface area contributed by atoms with Gasteiger partial charge in [-0.3, -0.25) is 14.4 Å². The van der Waals surface area contributed by atoms with Gasteiger partial charge in [0, 0.05) is 36.0 Å². The Morgan fingerprint density at radius 1 is 0.907 bits per heavy atom. The van der Waals surface area contributed by atoms with Crippen molar-refractivity contribution in [3.63, 3.8) is 0 Å². The van der Waals surface area contributed by atoms with Crippen molar-refractivity contribution < 1.29 is 43.6 Å². The van der Waals surface area contributed by atoms with E-state index in [1.807, 2.05) is 13.0 Å². The molecule has 0 spiro atoms. The molecule has 0 fully saturated rings. The number of carbonyl (C=O) groups is 4. The molecule has 1 atom stereocenters. The molecule has 9 nitrogen and oxygen atoms in total. The predicted molar refractivity (Wildman–Crippen MR) is 159 cm³/mol.